The van der Waals surface area contributed by atoms with Gasteiger partial charge in [0.2, 0.25) is 5.91 Å². The maximum Gasteiger partial charge on any atom is 0.303 e. The minimum atomic E-state index is -0.877. The second kappa shape index (κ2) is 6.87. The summed E-state index contributed by atoms with van der Waals surface area (Å²) in [5.74, 6) is -2.87. The molecule has 0 unspecified atom stereocenters. The van der Waals surface area contributed by atoms with E-state index in [0.717, 1.165) is 18.9 Å². The fourth-order valence-electron chi connectivity index (χ4n) is 3.68. The Labute approximate surface area is 139 Å². The Morgan fingerprint density at radius 1 is 1.29 bits per heavy atom. The van der Waals surface area contributed by atoms with Crippen molar-refractivity contribution in [3.8, 4) is 0 Å². The zero-order valence-electron chi connectivity index (χ0n) is 13.4. The molecule has 1 aromatic carbocycles. The monoisotopic (exact) mass is 337 g/mol. The predicted molar refractivity (Wildman–Crippen MR) is 83.4 cm³/mol. The Morgan fingerprint density at radius 2 is 2.08 bits per heavy atom. The van der Waals surface area contributed by atoms with E-state index >= 15 is 0 Å². The molecule has 1 amide bonds. The van der Waals surface area contributed by atoms with Crippen molar-refractivity contribution in [3.63, 3.8) is 0 Å². The van der Waals surface area contributed by atoms with Gasteiger partial charge < -0.3 is 10.0 Å². The second-order valence-corrected chi connectivity index (χ2v) is 6.82. The SMILES string of the molecule is O=C(O)CC[C@@H]1CCCN(C(=O)[C@H]2C[C@@H]2c2cccc(F)c2F)C1. The number of carboxylic acid groups (broad SMARTS) is 1. The first kappa shape index (κ1) is 16.9. The number of aliphatic carboxylic acids is 1. The van der Waals surface area contributed by atoms with E-state index in [2.05, 4.69) is 0 Å². The van der Waals surface area contributed by atoms with Crippen LogP contribution in [-0.4, -0.2) is 35.0 Å². The van der Waals surface area contributed by atoms with Crippen LogP contribution in [0.1, 0.15) is 43.6 Å². The third-order valence-electron chi connectivity index (χ3n) is 5.09. The zero-order valence-corrected chi connectivity index (χ0v) is 13.4. The molecule has 2 aliphatic rings. The van der Waals surface area contributed by atoms with E-state index in [1.807, 2.05) is 0 Å². The number of carbonyl (C=O) groups is 2. The van der Waals surface area contributed by atoms with Crippen molar-refractivity contribution in [2.24, 2.45) is 11.8 Å². The van der Waals surface area contributed by atoms with Crippen LogP contribution in [0.15, 0.2) is 18.2 Å². The number of carboxylic acids is 1. The highest BCUT2D eigenvalue weighted by Gasteiger charge is 2.47. The molecule has 0 spiro atoms. The van der Waals surface area contributed by atoms with E-state index in [0.29, 0.717) is 25.9 Å². The lowest BCUT2D eigenvalue weighted by atomic mass is 9.93. The van der Waals surface area contributed by atoms with E-state index in [1.54, 1.807) is 11.0 Å². The summed E-state index contributed by atoms with van der Waals surface area (Å²) in [6.07, 6.45) is 3.04. The number of benzene rings is 1. The zero-order chi connectivity index (χ0) is 17.3. The molecule has 24 heavy (non-hydrogen) atoms. The molecule has 130 valence electrons. The van der Waals surface area contributed by atoms with E-state index in [1.165, 1.54) is 6.07 Å². The quantitative estimate of drug-likeness (QED) is 0.898. The first-order valence-corrected chi connectivity index (χ1v) is 8.42. The molecule has 1 aliphatic carbocycles. The van der Waals surface area contributed by atoms with Crippen molar-refractivity contribution in [1.82, 2.24) is 4.90 Å². The number of piperidine rings is 1. The van der Waals surface area contributed by atoms with Crippen molar-refractivity contribution in [1.29, 1.82) is 0 Å². The van der Waals surface area contributed by atoms with Crippen molar-refractivity contribution < 1.29 is 23.5 Å². The summed E-state index contributed by atoms with van der Waals surface area (Å²) in [5, 5.41) is 8.78. The molecule has 6 heteroatoms. The highest BCUT2D eigenvalue weighted by atomic mass is 19.2. The van der Waals surface area contributed by atoms with E-state index in [9.17, 15) is 18.4 Å². The first-order valence-electron chi connectivity index (χ1n) is 8.42. The standard InChI is InChI=1S/C18H21F2NO3/c19-15-5-1-4-12(17(15)20)13-9-14(13)18(24)21-8-2-3-11(10-21)6-7-16(22)23/h1,4-5,11,13-14H,2-3,6-10H2,(H,22,23)/t11-,13+,14-/m0/s1. The smallest absolute Gasteiger partial charge is 0.303 e. The number of hydrogen-bond donors (Lipinski definition) is 1. The summed E-state index contributed by atoms with van der Waals surface area (Å²) in [5.41, 5.74) is 0.285. The number of amides is 1. The average Bonchev–Trinajstić information content (AvgIpc) is 3.35. The highest BCUT2D eigenvalue weighted by molar-refractivity contribution is 5.83. The molecule has 1 saturated carbocycles. The largest absolute Gasteiger partial charge is 0.481 e. The number of nitrogens with zero attached hydrogens (tertiary/aromatic N) is 1. The van der Waals surface area contributed by atoms with E-state index < -0.39 is 17.6 Å². The molecular weight excluding hydrogens is 316 g/mol. The van der Waals surface area contributed by atoms with Crippen LogP contribution < -0.4 is 0 Å². The summed E-state index contributed by atoms with van der Waals surface area (Å²) < 4.78 is 27.2. The number of hydrogen-bond acceptors (Lipinski definition) is 2. The Balaban J connectivity index is 1.59. The molecule has 3 rings (SSSR count). The fourth-order valence-corrected chi connectivity index (χ4v) is 3.68. The molecule has 1 saturated heterocycles. The van der Waals surface area contributed by atoms with E-state index in [-0.39, 0.29) is 35.6 Å². The van der Waals surface area contributed by atoms with Crippen LogP contribution in [0.3, 0.4) is 0 Å². The van der Waals surface area contributed by atoms with Crippen LogP contribution in [0, 0.1) is 23.5 Å². The van der Waals surface area contributed by atoms with Gasteiger partial charge in [-0.05, 0) is 49.1 Å². The van der Waals surface area contributed by atoms with Gasteiger partial charge in [0.05, 0.1) is 0 Å². The molecule has 1 heterocycles. The van der Waals surface area contributed by atoms with Gasteiger partial charge in [-0.1, -0.05) is 12.1 Å². The van der Waals surface area contributed by atoms with Crippen LogP contribution in [0.25, 0.3) is 0 Å². The lowest BCUT2D eigenvalue weighted by Crippen LogP contribution is -2.41. The Kier molecular flexibility index (Phi) is 4.83. The van der Waals surface area contributed by atoms with Crippen molar-refractivity contribution in [2.45, 2.75) is 38.0 Å². The molecule has 1 aromatic rings. The normalized spacial score (nSPS) is 26.2. The number of carbonyl (C=O) groups excluding carboxylic acids is 1. The molecular formula is C18H21F2NO3. The van der Waals surface area contributed by atoms with Gasteiger partial charge >= 0.3 is 5.97 Å². The minimum Gasteiger partial charge on any atom is -0.481 e. The van der Waals surface area contributed by atoms with E-state index in [4.69, 9.17) is 5.11 Å². The molecule has 4 nitrogen and oxygen atoms in total. The Bertz CT molecular complexity index is 649. The number of halogens is 2. The molecule has 1 aliphatic heterocycles. The molecule has 0 bridgehead atoms. The maximum absolute atomic E-state index is 13.9. The molecule has 0 radical (unpaired) electrons. The summed E-state index contributed by atoms with van der Waals surface area (Å²) >= 11 is 0. The van der Waals surface area contributed by atoms with Crippen LogP contribution in [-0.2, 0) is 9.59 Å². The van der Waals surface area contributed by atoms with Gasteiger partial charge in [-0.15, -0.1) is 0 Å². The molecule has 2 fully saturated rings. The third kappa shape index (κ3) is 3.57. The number of rotatable bonds is 5. The summed E-state index contributed by atoms with van der Waals surface area (Å²) in [7, 11) is 0. The van der Waals surface area contributed by atoms with Crippen LogP contribution in [0.5, 0.6) is 0 Å². The van der Waals surface area contributed by atoms with Gasteiger partial charge in [-0.3, -0.25) is 9.59 Å². The minimum absolute atomic E-state index is 0.0105. The topological polar surface area (TPSA) is 57.6 Å². The molecule has 1 N–H and O–H groups in total. The van der Waals surface area contributed by atoms with Gasteiger partial charge in [-0.25, -0.2) is 8.78 Å². The number of likely N-dealkylation sites (tertiary alicyclic amines) is 1. The van der Waals surface area contributed by atoms with Gasteiger partial charge in [0.15, 0.2) is 11.6 Å². The summed E-state index contributed by atoms with van der Waals surface area (Å²) in [6, 6.07) is 4.09. The highest BCUT2D eigenvalue weighted by Crippen LogP contribution is 2.49. The maximum atomic E-state index is 13.9. The lowest BCUT2D eigenvalue weighted by molar-refractivity contribution is -0.137. The van der Waals surface area contributed by atoms with Crippen molar-refractivity contribution >= 4 is 11.9 Å². The van der Waals surface area contributed by atoms with Crippen molar-refractivity contribution in [3.05, 3.63) is 35.4 Å². The van der Waals surface area contributed by atoms with Crippen LogP contribution in [0.2, 0.25) is 0 Å². The van der Waals surface area contributed by atoms with Crippen LogP contribution >= 0.6 is 0 Å². The average molecular weight is 337 g/mol. The lowest BCUT2D eigenvalue weighted by Gasteiger charge is -2.33. The second-order valence-electron chi connectivity index (χ2n) is 6.82. The molecule has 0 aromatic heterocycles. The molecule has 3 atom stereocenters. The predicted octanol–water partition coefficient (Wildman–Crippen LogP) is 3.17. The Hall–Kier alpha value is -1.98. The van der Waals surface area contributed by atoms with Gasteiger partial charge in [-0.2, -0.15) is 0 Å². The fraction of sp³-hybridized carbons (Fsp3) is 0.556. The van der Waals surface area contributed by atoms with Crippen LogP contribution in [0.4, 0.5) is 8.78 Å². The summed E-state index contributed by atoms with van der Waals surface area (Å²) in [6.45, 7) is 1.23. The van der Waals surface area contributed by atoms with Gasteiger partial charge in [0.25, 0.3) is 0 Å². The first-order chi connectivity index (χ1) is 11.5. The third-order valence-corrected chi connectivity index (χ3v) is 5.09. The van der Waals surface area contributed by atoms with Crippen molar-refractivity contribution in [2.75, 3.05) is 13.1 Å². The van der Waals surface area contributed by atoms with Gasteiger partial charge in [0.1, 0.15) is 0 Å². The van der Waals surface area contributed by atoms with Gasteiger partial charge in [0, 0.05) is 25.4 Å². The summed E-state index contributed by atoms with van der Waals surface area (Å²) in [4.78, 5) is 25.1. The Morgan fingerprint density at radius 3 is 2.83 bits per heavy atom.